The molecule has 19 heavy (non-hydrogen) atoms. The standard InChI is InChI=1S/C16H24FNO/c1-12-11-13(7-8-14(12)17)15(19)16(2,3)18-9-5-4-6-10-18/h7-8,11,15,19H,4-6,9-10H2,1-3H3. The van der Waals surface area contributed by atoms with Crippen molar-refractivity contribution >= 4 is 0 Å². The highest BCUT2D eigenvalue weighted by molar-refractivity contribution is 5.27. The molecule has 1 N–H and O–H groups in total. The Morgan fingerprint density at radius 2 is 1.84 bits per heavy atom. The van der Waals surface area contributed by atoms with Crippen LogP contribution in [0.1, 0.15) is 50.3 Å². The summed E-state index contributed by atoms with van der Waals surface area (Å²) in [6, 6.07) is 4.89. The second-order valence-electron chi connectivity index (χ2n) is 6.11. The fourth-order valence-corrected chi connectivity index (χ4v) is 2.89. The number of hydrogen-bond acceptors (Lipinski definition) is 2. The van der Waals surface area contributed by atoms with E-state index in [1.54, 1.807) is 19.1 Å². The van der Waals surface area contributed by atoms with Gasteiger partial charge in [-0.3, -0.25) is 4.90 Å². The molecule has 1 unspecified atom stereocenters. The van der Waals surface area contributed by atoms with Gasteiger partial charge < -0.3 is 5.11 Å². The Morgan fingerprint density at radius 3 is 2.42 bits per heavy atom. The van der Waals surface area contributed by atoms with Crippen LogP contribution in [0.3, 0.4) is 0 Å². The molecular weight excluding hydrogens is 241 g/mol. The van der Waals surface area contributed by atoms with Crippen molar-refractivity contribution in [1.29, 1.82) is 0 Å². The van der Waals surface area contributed by atoms with Crippen LogP contribution in [0.5, 0.6) is 0 Å². The zero-order chi connectivity index (χ0) is 14.0. The number of benzene rings is 1. The van der Waals surface area contributed by atoms with Gasteiger partial charge in [0.05, 0.1) is 6.10 Å². The van der Waals surface area contributed by atoms with Gasteiger partial charge in [0.25, 0.3) is 0 Å². The number of halogens is 1. The number of likely N-dealkylation sites (tertiary alicyclic amines) is 1. The number of aryl methyl sites for hydroxylation is 1. The lowest BCUT2D eigenvalue weighted by molar-refractivity contribution is -0.0209. The van der Waals surface area contributed by atoms with E-state index in [4.69, 9.17) is 0 Å². The van der Waals surface area contributed by atoms with Gasteiger partial charge >= 0.3 is 0 Å². The molecule has 0 saturated carbocycles. The van der Waals surface area contributed by atoms with Crippen LogP contribution in [0.15, 0.2) is 18.2 Å². The Morgan fingerprint density at radius 1 is 1.21 bits per heavy atom. The third-order valence-electron chi connectivity index (χ3n) is 4.34. The van der Waals surface area contributed by atoms with E-state index in [0.717, 1.165) is 18.7 Å². The lowest BCUT2D eigenvalue weighted by Crippen LogP contribution is -2.50. The highest BCUT2D eigenvalue weighted by atomic mass is 19.1. The maximum absolute atomic E-state index is 13.3. The van der Waals surface area contributed by atoms with E-state index in [9.17, 15) is 9.50 Å². The van der Waals surface area contributed by atoms with Crippen molar-refractivity contribution < 1.29 is 9.50 Å². The average molecular weight is 265 g/mol. The molecule has 106 valence electrons. The summed E-state index contributed by atoms with van der Waals surface area (Å²) in [5.74, 6) is -0.216. The highest BCUT2D eigenvalue weighted by Gasteiger charge is 2.35. The fraction of sp³-hybridized carbons (Fsp3) is 0.625. The Bertz CT molecular complexity index is 438. The summed E-state index contributed by atoms with van der Waals surface area (Å²) in [5.41, 5.74) is 1.07. The minimum Gasteiger partial charge on any atom is -0.386 e. The molecule has 0 spiro atoms. The quantitative estimate of drug-likeness (QED) is 0.905. The molecule has 1 atom stereocenters. The van der Waals surface area contributed by atoms with Gasteiger partial charge in [-0.2, -0.15) is 0 Å². The normalized spacial score (nSPS) is 19.4. The van der Waals surface area contributed by atoms with Gasteiger partial charge in [-0.05, 0) is 63.9 Å². The van der Waals surface area contributed by atoms with Crippen molar-refractivity contribution in [2.24, 2.45) is 0 Å². The van der Waals surface area contributed by atoms with Crippen LogP contribution in [-0.2, 0) is 0 Å². The molecule has 0 radical (unpaired) electrons. The summed E-state index contributed by atoms with van der Waals surface area (Å²) in [6.07, 6.45) is 3.07. The minimum atomic E-state index is -0.593. The van der Waals surface area contributed by atoms with E-state index >= 15 is 0 Å². The van der Waals surface area contributed by atoms with Gasteiger partial charge in [0.1, 0.15) is 5.82 Å². The summed E-state index contributed by atoms with van der Waals surface area (Å²) in [5, 5.41) is 10.7. The Labute approximate surface area is 115 Å². The minimum absolute atomic E-state index is 0.216. The number of piperidine rings is 1. The van der Waals surface area contributed by atoms with Gasteiger partial charge in [-0.1, -0.05) is 18.6 Å². The van der Waals surface area contributed by atoms with E-state index in [1.165, 1.54) is 25.3 Å². The number of aliphatic hydroxyl groups excluding tert-OH is 1. The maximum atomic E-state index is 13.3. The maximum Gasteiger partial charge on any atom is 0.126 e. The number of hydrogen-bond donors (Lipinski definition) is 1. The first-order chi connectivity index (χ1) is 8.93. The van der Waals surface area contributed by atoms with Crippen LogP contribution in [-0.4, -0.2) is 28.6 Å². The first kappa shape index (κ1) is 14.5. The molecule has 0 aliphatic carbocycles. The summed E-state index contributed by atoms with van der Waals surface area (Å²) in [4.78, 5) is 2.35. The molecular formula is C16H24FNO. The monoisotopic (exact) mass is 265 g/mol. The van der Waals surface area contributed by atoms with Crippen molar-refractivity contribution in [3.05, 3.63) is 35.1 Å². The Balaban J connectivity index is 2.20. The molecule has 1 fully saturated rings. The van der Waals surface area contributed by atoms with Crippen LogP contribution in [0.2, 0.25) is 0 Å². The lowest BCUT2D eigenvalue weighted by atomic mass is 9.87. The predicted molar refractivity (Wildman–Crippen MR) is 75.6 cm³/mol. The molecule has 1 aromatic carbocycles. The van der Waals surface area contributed by atoms with Crippen LogP contribution in [0.4, 0.5) is 4.39 Å². The average Bonchev–Trinajstić information content (AvgIpc) is 2.42. The topological polar surface area (TPSA) is 23.5 Å². The number of aliphatic hydroxyl groups is 1. The molecule has 1 saturated heterocycles. The van der Waals surface area contributed by atoms with Crippen LogP contribution >= 0.6 is 0 Å². The summed E-state index contributed by atoms with van der Waals surface area (Å²) >= 11 is 0. The zero-order valence-electron chi connectivity index (χ0n) is 12.1. The highest BCUT2D eigenvalue weighted by Crippen LogP contribution is 2.33. The van der Waals surface area contributed by atoms with Crippen molar-refractivity contribution in [2.45, 2.75) is 51.7 Å². The van der Waals surface area contributed by atoms with Crippen LogP contribution in [0.25, 0.3) is 0 Å². The Kier molecular flexibility index (Phi) is 4.26. The van der Waals surface area contributed by atoms with Gasteiger partial charge in [-0.25, -0.2) is 4.39 Å². The molecule has 1 aliphatic heterocycles. The van der Waals surface area contributed by atoms with Crippen LogP contribution in [0, 0.1) is 12.7 Å². The number of nitrogens with zero attached hydrogens (tertiary/aromatic N) is 1. The molecule has 1 heterocycles. The first-order valence-corrected chi connectivity index (χ1v) is 7.12. The molecule has 0 amide bonds. The molecule has 0 aromatic heterocycles. The lowest BCUT2D eigenvalue weighted by Gasteiger charge is -2.44. The molecule has 0 bridgehead atoms. The second kappa shape index (κ2) is 5.59. The first-order valence-electron chi connectivity index (χ1n) is 7.12. The smallest absolute Gasteiger partial charge is 0.126 e. The third-order valence-corrected chi connectivity index (χ3v) is 4.34. The number of rotatable bonds is 3. The van der Waals surface area contributed by atoms with Crippen molar-refractivity contribution in [2.75, 3.05) is 13.1 Å². The molecule has 2 rings (SSSR count). The van der Waals surface area contributed by atoms with Gasteiger partial charge in [0.15, 0.2) is 0 Å². The van der Waals surface area contributed by atoms with Gasteiger partial charge in [0.2, 0.25) is 0 Å². The summed E-state index contributed by atoms with van der Waals surface area (Å²) in [6.45, 7) is 7.94. The van der Waals surface area contributed by atoms with E-state index in [-0.39, 0.29) is 11.4 Å². The SMILES string of the molecule is Cc1cc(C(O)C(C)(C)N2CCCCC2)ccc1F. The van der Waals surface area contributed by atoms with Gasteiger partial charge in [-0.15, -0.1) is 0 Å². The van der Waals surface area contributed by atoms with Crippen molar-refractivity contribution in [3.63, 3.8) is 0 Å². The predicted octanol–water partition coefficient (Wildman–Crippen LogP) is 3.43. The summed E-state index contributed by atoms with van der Waals surface area (Å²) in [7, 11) is 0. The van der Waals surface area contributed by atoms with Gasteiger partial charge in [0, 0.05) is 5.54 Å². The Hall–Kier alpha value is -0.930. The van der Waals surface area contributed by atoms with Crippen LogP contribution < -0.4 is 0 Å². The van der Waals surface area contributed by atoms with E-state index < -0.39 is 6.10 Å². The summed E-state index contributed by atoms with van der Waals surface area (Å²) < 4.78 is 13.3. The van der Waals surface area contributed by atoms with Crippen molar-refractivity contribution in [3.8, 4) is 0 Å². The van der Waals surface area contributed by atoms with Crippen molar-refractivity contribution in [1.82, 2.24) is 4.90 Å². The third kappa shape index (κ3) is 2.98. The van der Waals surface area contributed by atoms with E-state index in [2.05, 4.69) is 18.7 Å². The van der Waals surface area contributed by atoms with E-state index in [0.29, 0.717) is 5.56 Å². The fourth-order valence-electron chi connectivity index (χ4n) is 2.89. The molecule has 1 aliphatic rings. The largest absolute Gasteiger partial charge is 0.386 e. The van der Waals surface area contributed by atoms with E-state index in [1.807, 2.05) is 0 Å². The zero-order valence-corrected chi connectivity index (χ0v) is 12.1. The molecule has 2 nitrogen and oxygen atoms in total. The molecule has 1 aromatic rings. The molecule has 3 heteroatoms. The second-order valence-corrected chi connectivity index (χ2v) is 6.11.